The SMILES string of the molecule is CCOC(=O)C(C=CP(=O)(O)O)C(C)=O. The lowest BCUT2D eigenvalue weighted by Gasteiger charge is -2.07. The summed E-state index contributed by atoms with van der Waals surface area (Å²) in [6, 6.07) is 0. The fourth-order valence-corrected chi connectivity index (χ4v) is 1.21. The van der Waals surface area contributed by atoms with Gasteiger partial charge in [0.05, 0.1) is 6.61 Å². The van der Waals surface area contributed by atoms with Crippen molar-refractivity contribution in [3.63, 3.8) is 0 Å². The summed E-state index contributed by atoms with van der Waals surface area (Å²) in [6.45, 7) is 2.82. The number of esters is 1. The summed E-state index contributed by atoms with van der Waals surface area (Å²) >= 11 is 0. The molecule has 6 nitrogen and oxygen atoms in total. The molecule has 0 heterocycles. The minimum absolute atomic E-state index is 0.104. The molecule has 0 rings (SSSR count). The van der Waals surface area contributed by atoms with Crippen LogP contribution < -0.4 is 0 Å². The van der Waals surface area contributed by atoms with Crippen molar-refractivity contribution in [3.8, 4) is 0 Å². The Balaban J connectivity index is 4.70. The standard InChI is InChI=1S/C8H13O6P/c1-3-14-8(10)7(6(2)9)4-5-15(11,12)13/h4-5,7H,3H2,1-2H3,(H2,11,12,13). The highest BCUT2D eigenvalue weighted by molar-refractivity contribution is 7.55. The quantitative estimate of drug-likeness (QED) is 0.408. The molecule has 0 saturated heterocycles. The summed E-state index contributed by atoms with van der Waals surface area (Å²) in [7, 11) is -4.36. The van der Waals surface area contributed by atoms with Crippen LogP contribution >= 0.6 is 7.60 Å². The molecular formula is C8H13O6P. The van der Waals surface area contributed by atoms with Crippen molar-refractivity contribution < 1.29 is 28.7 Å². The molecule has 0 aliphatic rings. The smallest absolute Gasteiger partial charge is 0.348 e. The number of Topliss-reactive ketones (excluding diaryl/α,β-unsaturated/α-hetero) is 1. The lowest BCUT2D eigenvalue weighted by Crippen LogP contribution is -2.22. The van der Waals surface area contributed by atoms with Crippen molar-refractivity contribution in [2.75, 3.05) is 6.61 Å². The molecular weight excluding hydrogens is 223 g/mol. The molecule has 0 aromatic carbocycles. The van der Waals surface area contributed by atoms with Crippen LogP contribution in [0.1, 0.15) is 13.8 Å². The first-order chi connectivity index (χ1) is 6.78. The predicted molar refractivity (Wildman–Crippen MR) is 52.0 cm³/mol. The number of ether oxygens (including phenoxy) is 1. The minimum atomic E-state index is -4.36. The third-order valence-electron chi connectivity index (χ3n) is 1.45. The minimum Gasteiger partial charge on any atom is -0.465 e. The molecule has 2 N–H and O–H groups in total. The average Bonchev–Trinajstić information content (AvgIpc) is 2.01. The number of ketones is 1. The Bertz CT molecular complexity index is 315. The lowest BCUT2D eigenvalue weighted by atomic mass is 10.1. The van der Waals surface area contributed by atoms with E-state index >= 15 is 0 Å². The summed E-state index contributed by atoms with van der Waals surface area (Å²) < 4.78 is 15.0. The maximum absolute atomic E-state index is 11.2. The first-order valence-corrected chi connectivity index (χ1v) is 5.87. The average molecular weight is 236 g/mol. The van der Waals surface area contributed by atoms with E-state index in [1.807, 2.05) is 0 Å². The first-order valence-electron chi connectivity index (χ1n) is 4.19. The van der Waals surface area contributed by atoms with Crippen molar-refractivity contribution in [2.45, 2.75) is 13.8 Å². The monoisotopic (exact) mass is 236 g/mol. The normalized spacial score (nSPS) is 13.9. The van der Waals surface area contributed by atoms with Gasteiger partial charge in [0.15, 0.2) is 0 Å². The largest absolute Gasteiger partial charge is 0.465 e. The number of carbonyl (C=O) groups excluding carboxylic acids is 2. The Morgan fingerprint density at radius 3 is 2.33 bits per heavy atom. The Hall–Kier alpha value is -0.970. The van der Waals surface area contributed by atoms with Gasteiger partial charge >= 0.3 is 13.6 Å². The fraction of sp³-hybridized carbons (Fsp3) is 0.500. The van der Waals surface area contributed by atoms with Crippen LogP contribution in [0.25, 0.3) is 0 Å². The predicted octanol–water partition coefficient (Wildman–Crippen LogP) is 0.446. The third kappa shape index (κ3) is 6.17. The van der Waals surface area contributed by atoms with Crippen LogP contribution in [0.4, 0.5) is 0 Å². The van der Waals surface area contributed by atoms with Gasteiger partial charge in [0.25, 0.3) is 0 Å². The van der Waals surface area contributed by atoms with Crippen molar-refractivity contribution in [3.05, 3.63) is 11.9 Å². The molecule has 0 amide bonds. The maximum atomic E-state index is 11.2. The molecule has 1 unspecified atom stereocenters. The molecule has 15 heavy (non-hydrogen) atoms. The van der Waals surface area contributed by atoms with Gasteiger partial charge in [-0.1, -0.05) is 6.08 Å². The van der Waals surface area contributed by atoms with Crippen LogP contribution in [0.5, 0.6) is 0 Å². The topological polar surface area (TPSA) is 101 Å². The number of hydrogen-bond donors (Lipinski definition) is 2. The Kier molecular flexibility index (Phi) is 5.43. The molecule has 0 aromatic heterocycles. The van der Waals surface area contributed by atoms with Crippen molar-refractivity contribution >= 4 is 19.3 Å². The zero-order chi connectivity index (χ0) is 12.1. The molecule has 0 aromatic rings. The fourth-order valence-electron chi connectivity index (χ4n) is 0.810. The van der Waals surface area contributed by atoms with E-state index < -0.39 is 25.3 Å². The maximum Gasteiger partial charge on any atom is 0.348 e. The Morgan fingerprint density at radius 1 is 1.47 bits per heavy atom. The van der Waals surface area contributed by atoms with Gasteiger partial charge < -0.3 is 14.5 Å². The molecule has 0 saturated carbocycles. The van der Waals surface area contributed by atoms with Gasteiger partial charge in [-0.3, -0.25) is 14.2 Å². The highest BCUT2D eigenvalue weighted by Crippen LogP contribution is 2.36. The summed E-state index contributed by atoms with van der Waals surface area (Å²) in [6.07, 6.45) is 0.862. The van der Waals surface area contributed by atoms with Crippen LogP contribution in [0.15, 0.2) is 11.9 Å². The van der Waals surface area contributed by atoms with E-state index in [1.165, 1.54) is 0 Å². The molecule has 0 radical (unpaired) electrons. The van der Waals surface area contributed by atoms with Gasteiger partial charge in [0, 0.05) is 5.82 Å². The third-order valence-corrected chi connectivity index (χ3v) is 2.01. The first kappa shape index (κ1) is 14.0. The van der Waals surface area contributed by atoms with Gasteiger partial charge in [-0.25, -0.2) is 0 Å². The molecule has 0 aliphatic heterocycles. The summed E-state index contributed by atoms with van der Waals surface area (Å²) in [5.74, 6) is -2.07. The highest BCUT2D eigenvalue weighted by Gasteiger charge is 2.22. The lowest BCUT2D eigenvalue weighted by molar-refractivity contribution is -0.149. The van der Waals surface area contributed by atoms with E-state index in [-0.39, 0.29) is 6.61 Å². The van der Waals surface area contributed by atoms with E-state index in [0.717, 1.165) is 13.0 Å². The summed E-state index contributed by atoms with van der Waals surface area (Å²) in [5.41, 5.74) is 0. The van der Waals surface area contributed by atoms with Gasteiger partial charge in [0.1, 0.15) is 11.7 Å². The molecule has 1 atom stereocenters. The van der Waals surface area contributed by atoms with Crippen molar-refractivity contribution in [1.82, 2.24) is 0 Å². The van der Waals surface area contributed by atoms with Crippen molar-refractivity contribution in [1.29, 1.82) is 0 Å². The highest BCUT2D eigenvalue weighted by atomic mass is 31.2. The van der Waals surface area contributed by atoms with Gasteiger partial charge in [-0.2, -0.15) is 0 Å². The molecule has 86 valence electrons. The molecule has 7 heteroatoms. The molecule has 0 fully saturated rings. The Morgan fingerprint density at radius 2 is 2.00 bits per heavy atom. The van der Waals surface area contributed by atoms with Gasteiger partial charge in [0.2, 0.25) is 0 Å². The van der Waals surface area contributed by atoms with E-state index in [0.29, 0.717) is 5.82 Å². The van der Waals surface area contributed by atoms with Gasteiger partial charge in [-0.05, 0) is 13.8 Å². The zero-order valence-electron chi connectivity index (χ0n) is 8.41. The van der Waals surface area contributed by atoms with E-state index in [4.69, 9.17) is 9.79 Å². The van der Waals surface area contributed by atoms with Crippen LogP contribution in [0.2, 0.25) is 0 Å². The number of carbonyl (C=O) groups is 2. The van der Waals surface area contributed by atoms with Crippen molar-refractivity contribution in [2.24, 2.45) is 5.92 Å². The second kappa shape index (κ2) is 5.80. The van der Waals surface area contributed by atoms with Crippen LogP contribution in [-0.4, -0.2) is 28.1 Å². The second-order valence-electron chi connectivity index (χ2n) is 2.77. The van der Waals surface area contributed by atoms with Crippen LogP contribution in [0.3, 0.4) is 0 Å². The summed E-state index contributed by atoms with van der Waals surface area (Å²) in [4.78, 5) is 39.2. The zero-order valence-corrected chi connectivity index (χ0v) is 9.31. The number of hydrogen-bond acceptors (Lipinski definition) is 4. The summed E-state index contributed by atoms with van der Waals surface area (Å²) in [5, 5.41) is 0. The molecule has 0 spiro atoms. The van der Waals surface area contributed by atoms with E-state index in [9.17, 15) is 14.2 Å². The van der Waals surface area contributed by atoms with Crippen LogP contribution in [0, 0.1) is 5.92 Å². The van der Waals surface area contributed by atoms with Crippen LogP contribution in [-0.2, 0) is 18.9 Å². The molecule has 0 aliphatic carbocycles. The van der Waals surface area contributed by atoms with Gasteiger partial charge in [-0.15, -0.1) is 0 Å². The van der Waals surface area contributed by atoms with E-state index in [2.05, 4.69) is 4.74 Å². The number of rotatable bonds is 5. The second-order valence-corrected chi connectivity index (χ2v) is 4.25. The van der Waals surface area contributed by atoms with E-state index in [1.54, 1.807) is 6.92 Å². The Labute approximate surface area is 87.1 Å². The molecule has 0 bridgehead atoms.